The SMILES string of the molecule is CC(CN)c1cnc(CC2CCCN2C(C)C)s1. The molecule has 0 aliphatic carbocycles. The lowest BCUT2D eigenvalue weighted by atomic mass is 10.1. The monoisotopic (exact) mass is 267 g/mol. The summed E-state index contributed by atoms with van der Waals surface area (Å²) < 4.78 is 0. The molecule has 2 atom stereocenters. The van der Waals surface area contributed by atoms with Gasteiger partial charge in [-0.15, -0.1) is 11.3 Å². The summed E-state index contributed by atoms with van der Waals surface area (Å²) in [7, 11) is 0. The van der Waals surface area contributed by atoms with E-state index in [1.54, 1.807) is 0 Å². The Bertz CT molecular complexity index is 375. The molecule has 0 amide bonds. The maximum absolute atomic E-state index is 5.71. The molecule has 18 heavy (non-hydrogen) atoms. The molecule has 1 fully saturated rings. The number of likely N-dealkylation sites (tertiary alicyclic amines) is 1. The van der Waals surface area contributed by atoms with Gasteiger partial charge in [0.15, 0.2) is 0 Å². The van der Waals surface area contributed by atoms with E-state index in [0.29, 0.717) is 24.5 Å². The van der Waals surface area contributed by atoms with Gasteiger partial charge in [0, 0.05) is 35.5 Å². The second kappa shape index (κ2) is 6.13. The van der Waals surface area contributed by atoms with Gasteiger partial charge in [0.1, 0.15) is 0 Å². The van der Waals surface area contributed by atoms with E-state index in [0.717, 1.165) is 6.42 Å². The molecule has 1 aromatic rings. The zero-order valence-electron chi connectivity index (χ0n) is 11.7. The van der Waals surface area contributed by atoms with Crippen LogP contribution in [-0.4, -0.2) is 35.1 Å². The average Bonchev–Trinajstić information content (AvgIpc) is 2.97. The van der Waals surface area contributed by atoms with Crippen LogP contribution in [0.1, 0.15) is 49.4 Å². The maximum atomic E-state index is 5.71. The molecule has 2 rings (SSSR count). The fourth-order valence-corrected chi connectivity index (χ4v) is 3.78. The van der Waals surface area contributed by atoms with Gasteiger partial charge in [-0.1, -0.05) is 6.92 Å². The lowest BCUT2D eigenvalue weighted by Gasteiger charge is -2.27. The van der Waals surface area contributed by atoms with Gasteiger partial charge in [-0.25, -0.2) is 4.98 Å². The third-order valence-electron chi connectivity index (χ3n) is 3.91. The first-order chi connectivity index (χ1) is 8.61. The van der Waals surface area contributed by atoms with E-state index in [1.165, 1.54) is 29.3 Å². The highest BCUT2D eigenvalue weighted by molar-refractivity contribution is 7.11. The standard InChI is InChI=1S/C14H25N3S/c1-10(2)17-6-4-5-12(17)7-14-16-9-13(18-14)11(3)8-15/h9-12H,4-8,15H2,1-3H3. The van der Waals surface area contributed by atoms with Gasteiger partial charge < -0.3 is 5.73 Å². The molecule has 2 unspecified atom stereocenters. The number of thiazole rings is 1. The van der Waals surface area contributed by atoms with E-state index in [4.69, 9.17) is 5.73 Å². The second-order valence-corrected chi connectivity index (χ2v) is 6.77. The van der Waals surface area contributed by atoms with E-state index < -0.39 is 0 Å². The van der Waals surface area contributed by atoms with Crippen LogP contribution in [0.3, 0.4) is 0 Å². The van der Waals surface area contributed by atoms with Crippen molar-refractivity contribution in [3.05, 3.63) is 16.1 Å². The Labute approximate surface area is 114 Å². The summed E-state index contributed by atoms with van der Waals surface area (Å²) in [6, 6.07) is 1.34. The smallest absolute Gasteiger partial charge is 0.0943 e. The van der Waals surface area contributed by atoms with Gasteiger partial charge in [-0.05, 0) is 39.8 Å². The van der Waals surface area contributed by atoms with Gasteiger partial charge in [0.05, 0.1) is 5.01 Å². The van der Waals surface area contributed by atoms with E-state index >= 15 is 0 Å². The minimum Gasteiger partial charge on any atom is -0.330 e. The van der Waals surface area contributed by atoms with Gasteiger partial charge >= 0.3 is 0 Å². The first kappa shape index (κ1) is 14.0. The Morgan fingerprint density at radius 2 is 2.28 bits per heavy atom. The van der Waals surface area contributed by atoms with Crippen molar-refractivity contribution in [1.82, 2.24) is 9.88 Å². The Morgan fingerprint density at radius 3 is 2.94 bits per heavy atom. The second-order valence-electron chi connectivity index (χ2n) is 5.62. The predicted molar refractivity (Wildman–Crippen MR) is 78.2 cm³/mol. The molecule has 1 aromatic heterocycles. The van der Waals surface area contributed by atoms with Crippen LogP contribution in [0.25, 0.3) is 0 Å². The summed E-state index contributed by atoms with van der Waals surface area (Å²) in [6.45, 7) is 8.72. The van der Waals surface area contributed by atoms with Crippen molar-refractivity contribution in [2.45, 2.75) is 58.0 Å². The van der Waals surface area contributed by atoms with E-state index in [2.05, 4.69) is 30.7 Å². The zero-order chi connectivity index (χ0) is 13.1. The molecule has 0 saturated carbocycles. The van der Waals surface area contributed by atoms with Crippen molar-refractivity contribution in [2.75, 3.05) is 13.1 Å². The van der Waals surface area contributed by atoms with Crippen LogP contribution in [-0.2, 0) is 6.42 Å². The van der Waals surface area contributed by atoms with Crippen molar-refractivity contribution in [2.24, 2.45) is 5.73 Å². The van der Waals surface area contributed by atoms with Crippen LogP contribution in [0.2, 0.25) is 0 Å². The number of nitrogens with zero attached hydrogens (tertiary/aromatic N) is 2. The third kappa shape index (κ3) is 3.11. The highest BCUT2D eigenvalue weighted by Crippen LogP contribution is 2.27. The molecular formula is C14H25N3S. The van der Waals surface area contributed by atoms with Crippen LogP contribution in [0.4, 0.5) is 0 Å². The fraction of sp³-hybridized carbons (Fsp3) is 0.786. The molecule has 2 heterocycles. The maximum Gasteiger partial charge on any atom is 0.0943 e. The van der Waals surface area contributed by atoms with Crippen LogP contribution in [0.5, 0.6) is 0 Å². The van der Waals surface area contributed by atoms with E-state index in [1.807, 2.05) is 17.5 Å². The molecule has 0 radical (unpaired) electrons. The Morgan fingerprint density at radius 1 is 1.50 bits per heavy atom. The number of rotatable bonds is 5. The molecule has 1 aliphatic rings. The molecule has 0 spiro atoms. The minimum atomic E-state index is 0.445. The van der Waals surface area contributed by atoms with Crippen LogP contribution < -0.4 is 5.73 Å². The summed E-state index contributed by atoms with van der Waals surface area (Å²) in [5.41, 5.74) is 5.71. The highest BCUT2D eigenvalue weighted by atomic mass is 32.1. The predicted octanol–water partition coefficient (Wildman–Crippen LogP) is 2.62. The van der Waals surface area contributed by atoms with Crippen molar-refractivity contribution >= 4 is 11.3 Å². The molecule has 1 saturated heterocycles. The molecular weight excluding hydrogens is 242 g/mol. The molecule has 2 N–H and O–H groups in total. The summed E-state index contributed by atoms with van der Waals surface area (Å²) >= 11 is 1.85. The Hall–Kier alpha value is -0.450. The summed E-state index contributed by atoms with van der Waals surface area (Å²) in [5.74, 6) is 0.445. The first-order valence-corrected chi connectivity index (χ1v) is 7.84. The Kier molecular flexibility index (Phi) is 4.76. The highest BCUT2D eigenvalue weighted by Gasteiger charge is 2.27. The molecule has 0 bridgehead atoms. The van der Waals surface area contributed by atoms with Crippen molar-refractivity contribution in [3.63, 3.8) is 0 Å². The van der Waals surface area contributed by atoms with Gasteiger partial charge in [0.25, 0.3) is 0 Å². The van der Waals surface area contributed by atoms with Crippen LogP contribution >= 0.6 is 11.3 Å². The lowest BCUT2D eigenvalue weighted by Crippen LogP contribution is -2.36. The van der Waals surface area contributed by atoms with Gasteiger partial charge in [0.2, 0.25) is 0 Å². The largest absolute Gasteiger partial charge is 0.330 e. The summed E-state index contributed by atoms with van der Waals surface area (Å²) in [5, 5.41) is 1.28. The number of nitrogens with two attached hydrogens (primary N) is 1. The average molecular weight is 267 g/mol. The molecule has 0 aromatic carbocycles. The molecule has 4 heteroatoms. The van der Waals surface area contributed by atoms with Crippen molar-refractivity contribution in [1.29, 1.82) is 0 Å². The van der Waals surface area contributed by atoms with E-state index in [9.17, 15) is 0 Å². The first-order valence-electron chi connectivity index (χ1n) is 7.02. The zero-order valence-corrected chi connectivity index (χ0v) is 12.5. The van der Waals surface area contributed by atoms with Crippen LogP contribution in [0.15, 0.2) is 6.20 Å². The lowest BCUT2D eigenvalue weighted by molar-refractivity contribution is 0.202. The number of hydrogen-bond acceptors (Lipinski definition) is 4. The Balaban J connectivity index is 1.98. The third-order valence-corrected chi connectivity index (χ3v) is 5.16. The van der Waals surface area contributed by atoms with Crippen molar-refractivity contribution < 1.29 is 0 Å². The van der Waals surface area contributed by atoms with Crippen LogP contribution in [0, 0.1) is 0 Å². The minimum absolute atomic E-state index is 0.445. The quantitative estimate of drug-likeness (QED) is 0.891. The normalized spacial score (nSPS) is 22.8. The van der Waals surface area contributed by atoms with Gasteiger partial charge in [-0.3, -0.25) is 4.90 Å². The summed E-state index contributed by atoms with van der Waals surface area (Å²) in [4.78, 5) is 8.53. The molecule has 1 aliphatic heterocycles. The van der Waals surface area contributed by atoms with Crippen molar-refractivity contribution in [3.8, 4) is 0 Å². The number of hydrogen-bond donors (Lipinski definition) is 1. The van der Waals surface area contributed by atoms with E-state index in [-0.39, 0.29) is 0 Å². The molecule has 102 valence electrons. The summed E-state index contributed by atoms with van der Waals surface area (Å²) in [6.07, 6.45) is 5.78. The number of aromatic nitrogens is 1. The fourth-order valence-electron chi connectivity index (χ4n) is 2.72. The van der Waals surface area contributed by atoms with Gasteiger partial charge in [-0.2, -0.15) is 0 Å². The topological polar surface area (TPSA) is 42.1 Å². The molecule has 3 nitrogen and oxygen atoms in total.